The second kappa shape index (κ2) is 7.13. The van der Waals surface area contributed by atoms with Gasteiger partial charge in [-0.3, -0.25) is 9.59 Å². The van der Waals surface area contributed by atoms with Gasteiger partial charge in [0.15, 0.2) is 5.17 Å². The van der Waals surface area contributed by atoms with Gasteiger partial charge in [-0.25, -0.2) is 0 Å². The molecule has 0 bridgehead atoms. The van der Waals surface area contributed by atoms with Crippen LogP contribution in [0.5, 0.6) is 0 Å². The molecule has 1 aromatic rings. The van der Waals surface area contributed by atoms with Gasteiger partial charge in [0.1, 0.15) is 5.25 Å². The van der Waals surface area contributed by atoms with Crippen LogP contribution in [0.3, 0.4) is 0 Å². The Hall–Kier alpha value is -1.57. The average Bonchev–Trinajstić information content (AvgIpc) is 2.79. The highest BCUT2D eigenvalue weighted by Crippen LogP contribution is 2.24. The lowest BCUT2D eigenvalue weighted by Crippen LogP contribution is -2.26. The zero-order valence-corrected chi connectivity index (χ0v) is 13.7. The lowest BCUT2D eigenvalue weighted by molar-refractivity contribution is -0.138. The molecular formula is C13H11Cl2N3O3S. The minimum absolute atomic E-state index is 0.259. The van der Waals surface area contributed by atoms with E-state index in [-0.39, 0.29) is 17.5 Å². The summed E-state index contributed by atoms with van der Waals surface area (Å²) in [5, 5.41) is 19.6. The van der Waals surface area contributed by atoms with E-state index in [1.165, 1.54) is 0 Å². The maximum absolute atomic E-state index is 11.6. The molecule has 0 spiro atoms. The highest BCUT2D eigenvalue weighted by Gasteiger charge is 2.32. The maximum Gasteiger partial charge on any atom is 0.305 e. The van der Waals surface area contributed by atoms with Crippen molar-refractivity contribution in [2.75, 3.05) is 0 Å². The zero-order chi connectivity index (χ0) is 16.3. The van der Waals surface area contributed by atoms with E-state index in [1.807, 2.05) is 0 Å². The zero-order valence-electron chi connectivity index (χ0n) is 11.3. The Labute approximate surface area is 140 Å². The quantitative estimate of drug-likeness (QED) is 0.638. The molecule has 1 unspecified atom stereocenters. The van der Waals surface area contributed by atoms with Gasteiger partial charge in [0, 0.05) is 0 Å². The Bertz CT molecular complexity index is 691. The van der Waals surface area contributed by atoms with Crippen molar-refractivity contribution < 1.29 is 14.7 Å². The second-order valence-electron chi connectivity index (χ2n) is 4.41. The summed E-state index contributed by atoms with van der Waals surface area (Å²) in [6, 6.07) is 5.07. The maximum atomic E-state index is 11.6. The number of amidine groups is 1. The molecule has 2 N–H and O–H groups in total. The first kappa shape index (κ1) is 16.8. The number of nitrogens with zero attached hydrogens (tertiary/aromatic N) is 2. The summed E-state index contributed by atoms with van der Waals surface area (Å²) in [6.07, 6.45) is -0.259. The number of carbonyl (C=O) groups is 2. The SMILES string of the molecule is C/C(=N\N=C1/NC(=O)C(CC(=O)O)S1)c1ccc(Cl)c(Cl)c1. The molecule has 0 radical (unpaired) electrons. The van der Waals surface area contributed by atoms with Crippen LogP contribution >= 0.6 is 35.0 Å². The molecule has 2 rings (SSSR count). The van der Waals surface area contributed by atoms with Gasteiger partial charge >= 0.3 is 5.97 Å². The molecular weight excluding hydrogens is 349 g/mol. The Morgan fingerprint density at radius 3 is 2.77 bits per heavy atom. The van der Waals surface area contributed by atoms with Crippen molar-refractivity contribution in [1.29, 1.82) is 0 Å². The molecule has 1 heterocycles. The lowest BCUT2D eigenvalue weighted by atomic mass is 10.1. The monoisotopic (exact) mass is 359 g/mol. The number of aliphatic carboxylic acids is 1. The van der Waals surface area contributed by atoms with Crippen LogP contribution in [0.1, 0.15) is 18.9 Å². The third-order valence-corrected chi connectivity index (χ3v) is 4.58. The van der Waals surface area contributed by atoms with E-state index >= 15 is 0 Å². The molecule has 1 fully saturated rings. The summed E-state index contributed by atoms with van der Waals surface area (Å²) >= 11 is 12.8. The van der Waals surface area contributed by atoms with Gasteiger partial charge in [0.25, 0.3) is 0 Å². The Morgan fingerprint density at radius 2 is 2.14 bits per heavy atom. The predicted molar refractivity (Wildman–Crippen MR) is 87.9 cm³/mol. The van der Waals surface area contributed by atoms with Crippen molar-refractivity contribution in [1.82, 2.24) is 5.32 Å². The number of hydrogen-bond donors (Lipinski definition) is 2. The number of thioether (sulfide) groups is 1. The third-order valence-electron chi connectivity index (χ3n) is 2.76. The van der Waals surface area contributed by atoms with Crippen LogP contribution in [-0.4, -0.2) is 33.1 Å². The van der Waals surface area contributed by atoms with Crippen LogP contribution in [0.2, 0.25) is 10.0 Å². The molecule has 1 atom stereocenters. The molecule has 0 saturated carbocycles. The van der Waals surface area contributed by atoms with Crippen LogP contribution in [0.25, 0.3) is 0 Å². The number of carboxylic acid groups (broad SMARTS) is 1. The summed E-state index contributed by atoms with van der Waals surface area (Å²) in [7, 11) is 0. The summed E-state index contributed by atoms with van der Waals surface area (Å²) in [5.74, 6) is -1.42. The summed E-state index contributed by atoms with van der Waals surface area (Å²) in [6.45, 7) is 1.74. The standard InChI is InChI=1S/C13H11Cl2N3O3S/c1-6(7-2-3-8(14)9(15)4-7)17-18-13-16-12(21)10(22-13)5-11(19)20/h2-4,10H,5H2,1H3,(H,19,20)(H,16,18,21)/b17-6+. The molecule has 1 aromatic carbocycles. The summed E-state index contributed by atoms with van der Waals surface area (Å²) in [4.78, 5) is 22.2. The van der Waals surface area contributed by atoms with Crippen LogP contribution in [0.15, 0.2) is 28.4 Å². The Kier molecular flexibility index (Phi) is 5.44. The fourth-order valence-corrected chi connectivity index (χ4v) is 2.85. The smallest absolute Gasteiger partial charge is 0.305 e. The largest absolute Gasteiger partial charge is 0.481 e. The van der Waals surface area contributed by atoms with E-state index in [2.05, 4.69) is 15.5 Å². The normalized spacial score (nSPS) is 20.3. The van der Waals surface area contributed by atoms with Gasteiger partial charge in [0.05, 0.1) is 22.2 Å². The molecule has 9 heteroatoms. The first-order valence-electron chi connectivity index (χ1n) is 6.14. The molecule has 1 saturated heterocycles. The molecule has 22 heavy (non-hydrogen) atoms. The molecule has 1 aliphatic rings. The van der Waals surface area contributed by atoms with Gasteiger partial charge in [-0.15, -0.1) is 5.10 Å². The first-order valence-corrected chi connectivity index (χ1v) is 7.77. The second-order valence-corrected chi connectivity index (χ2v) is 6.42. The van der Waals surface area contributed by atoms with E-state index in [4.69, 9.17) is 28.3 Å². The fourth-order valence-electron chi connectivity index (χ4n) is 1.64. The number of hydrogen-bond acceptors (Lipinski definition) is 5. The molecule has 0 aliphatic carbocycles. The fraction of sp³-hybridized carbons (Fsp3) is 0.231. The van der Waals surface area contributed by atoms with Crippen molar-refractivity contribution >= 4 is 57.7 Å². The van der Waals surface area contributed by atoms with E-state index in [1.54, 1.807) is 25.1 Å². The highest BCUT2D eigenvalue weighted by atomic mass is 35.5. The number of carboxylic acids is 1. The van der Waals surface area contributed by atoms with Gasteiger partial charge in [-0.05, 0) is 24.6 Å². The van der Waals surface area contributed by atoms with E-state index in [0.29, 0.717) is 15.8 Å². The Morgan fingerprint density at radius 1 is 1.41 bits per heavy atom. The van der Waals surface area contributed by atoms with Crippen molar-refractivity contribution in [3.63, 3.8) is 0 Å². The molecule has 0 aromatic heterocycles. The number of halogens is 2. The summed E-state index contributed by atoms with van der Waals surface area (Å²) in [5.41, 5.74) is 1.33. The van der Waals surface area contributed by atoms with E-state index in [9.17, 15) is 9.59 Å². The van der Waals surface area contributed by atoms with Gasteiger partial charge < -0.3 is 10.4 Å². The van der Waals surface area contributed by atoms with Crippen molar-refractivity contribution in [3.05, 3.63) is 33.8 Å². The number of carbonyl (C=O) groups excluding carboxylic acids is 1. The number of benzene rings is 1. The molecule has 6 nitrogen and oxygen atoms in total. The molecule has 1 amide bonds. The minimum Gasteiger partial charge on any atom is -0.481 e. The minimum atomic E-state index is -1.04. The predicted octanol–water partition coefficient (Wildman–Crippen LogP) is 2.78. The number of rotatable bonds is 4. The Balaban J connectivity index is 2.11. The van der Waals surface area contributed by atoms with Crippen LogP contribution < -0.4 is 5.32 Å². The van der Waals surface area contributed by atoms with Crippen LogP contribution in [0, 0.1) is 0 Å². The number of amides is 1. The van der Waals surface area contributed by atoms with E-state index in [0.717, 1.165) is 17.3 Å². The van der Waals surface area contributed by atoms with Crippen LogP contribution in [-0.2, 0) is 9.59 Å². The van der Waals surface area contributed by atoms with Crippen molar-refractivity contribution in [3.8, 4) is 0 Å². The van der Waals surface area contributed by atoms with Crippen molar-refractivity contribution in [2.45, 2.75) is 18.6 Å². The summed E-state index contributed by atoms with van der Waals surface area (Å²) < 4.78 is 0. The van der Waals surface area contributed by atoms with Crippen LogP contribution in [0.4, 0.5) is 0 Å². The third kappa shape index (κ3) is 4.22. The number of nitrogens with one attached hydrogen (secondary N) is 1. The molecule has 1 aliphatic heterocycles. The van der Waals surface area contributed by atoms with E-state index < -0.39 is 11.2 Å². The first-order chi connectivity index (χ1) is 10.4. The average molecular weight is 360 g/mol. The van der Waals surface area contributed by atoms with Gasteiger partial charge in [-0.1, -0.05) is 41.0 Å². The molecule has 116 valence electrons. The highest BCUT2D eigenvalue weighted by molar-refractivity contribution is 8.15. The van der Waals surface area contributed by atoms with Gasteiger partial charge in [-0.2, -0.15) is 5.10 Å². The van der Waals surface area contributed by atoms with Gasteiger partial charge in [0.2, 0.25) is 5.91 Å². The van der Waals surface area contributed by atoms with Crippen molar-refractivity contribution in [2.24, 2.45) is 10.2 Å². The topological polar surface area (TPSA) is 91.1 Å². The lowest BCUT2D eigenvalue weighted by Gasteiger charge is -2.01.